The Balaban J connectivity index is 2.56. The van der Waals surface area contributed by atoms with Crippen LogP contribution in [0.2, 0.25) is 0 Å². The van der Waals surface area contributed by atoms with Crippen LogP contribution in [0, 0.1) is 0 Å². The van der Waals surface area contributed by atoms with Crippen LogP contribution in [-0.4, -0.2) is 46.4 Å². The number of hydrogen-bond acceptors (Lipinski definition) is 6. The van der Waals surface area contributed by atoms with Gasteiger partial charge >= 0.3 is 5.97 Å². The highest BCUT2D eigenvalue weighted by molar-refractivity contribution is 5.88. The molecule has 0 radical (unpaired) electrons. The lowest BCUT2D eigenvalue weighted by molar-refractivity contribution is 0.0517. The maximum Gasteiger partial charge on any atom is 0.358 e. The van der Waals surface area contributed by atoms with Crippen molar-refractivity contribution in [3.05, 3.63) is 24.0 Å². The van der Waals surface area contributed by atoms with Crippen molar-refractivity contribution in [2.24, 2.45) is 0 Å². The van der Waals surface area contributed by atoms with Crippen LogP contribution in [-0.2, 0) is 10.3 Å². The molecule has 0 amide bonds. The van der Waals surface area contributed by atoms with Gasteiger partial charge in [-0.25, -0.2) is 14.8 Å². The Kier molecular flexibility index (Phi) is 4.68. The molecule has 2 rings (SSSR count). The van der Waals surface area contributed by atoms with E-state index in [-0.39, 0.29) is 11.2 Å². The summed E-state index contributed by atoms with van der Waals surface area (Å²) in [4.78, 5) is 22.6. The minimum absolute atomic E-state index is 0.279. The third-order valence-electron chi connectivity index (χ3n) is 3.13. The lowest BCUT2D eigenvalue weighted by atomic mass is 10.1. The minimum atomic E-state index is -0.432. The molecule has 0 unspecified atom stereocenters. The summed E-state index contributed by atoms with van der Waals surface area (Å²) in [5, 5.41) is 4.42. The first kappa shape index (κ1) is 16.9. The summed E-state index contributed by atoms with van der Waals surface area (Å²) in [6.07, 6.45) is 1.70. The second-order valence-corrected chi connectivity index (χ2v) is 6.35. The highest BCUT2D eigenvalue weighted by Gasteiger charge is 2.24. The Hall–Kier alpha value is -2.44. The van der Waals surface area contributed by atoms with Gasteiger partial charge in [0.05, 0.1) is 23.5 Å². The zero-order valence-corrected chi connectivity index (χ0v) is 14.5. The maximum atomic E-state index is 12.0. The molecule has 0 aliphatic heterocycles. The van der Waals surface area contributed by atoms with E-state index in [1.165, 1.54) is 0 Å². The highest BCUT2D eigenvalue weighted by Crippen LogP contribution is 2.26. The van der Waals surface area contributed by atoms with E-state index in [9.17, 15) is 4.79 Å². The van der Waals surface area contributed by atoms with E-state index in [0.29, 0.717) is 18.2 Å². The molecule has 7 nitrogen and oxygen atoms in total. The standard InChI is InChI=1S/C16H23N5O2/c1-7-23-14(22)12-10-13(21(19-12)16(2,3)4)11-8-9-17-15(18-11)20(5)6/h8-10H,7H2,1-6H3. The van der Waals surface area contributed by atoms with Crippen LogP contribution in [0.4, 0.5) is 5.95 Å². The minimum Gasteiger partial charge on any atom is -0.461 e. The highest BCUT2D eigenvalue weighted by atomic mass is 16.5. The third-order valence-corrected chi connectivity index (χ3v) is 3.13. The maximum absolute atomic E-state index is 12.0. The molecule has 0 aromatic carbocycles. The van der Waals surface area contributed by atoms with Crippen LogP contribution in [0.15, 0.2) is 18.3 Å². The molecule has 2 aromatic heterocycles. The fraction of sp³-hybridized carbons (Fsp3) is 0.500. The number of rotatable bonds is 4. The molecule has 0 fully saturated rings. The van der Waals surface area contributed by atoms with Crippen LogP contribution >= 0.6 is 0 Å². The predicted molar refractivity (Wildman–Crippen MR) is 88.5 cm³/mol. The second-order valence-electron chi connectivity index (χ2n) is 6.35. The number of ether oxygens (including phenoxy) is 1. The summed E-state index contributed by atoms with van der Waals surface area (Å²) in [7, 11) is 3.76. The largest absolute Gasteiger partial charge is 0.461 e. The first-order valence-corrected chi connectivity index (χ1v) is 7.52. The monoisotopic (exact) mass is 317 g/mol. The molecule has 7 heteroatoms. The van der Waals surface area contributed by atoms with Crippen molar-refractivity contribution in [3.63, 3.8) is 0 Å². The second kappa shape index (κ2) is 6.36. The van der Waals surface area contributed by atoms with E-state index in [0.717, 1.165) is 5.69 Å². The fourth-order valence-electron chi connectivity index (χ4n) is 2.09. The number of esters is 1. The topological polar surface area (TPSA) is 73.1 Å². The zero-order chi connectivity index (χ0) is 17.2. The molecule has 0 spiro atoms. The average Bonchev–Trinajstić information content (AvgIpc) is 2.93. The van der Waals surface area contributed by atoms with Gasteiger partial charge in [0.1, 0.15) is 0 Å². The number of anilines is 1. The number of carbonyl (C=O) groups excluding carboxylic acids is 1. The van der Waals surface area contributed by atoms with E-state index in [2.05, 4.69) is 15.1 Å². The molecule has 0 saturated carbocycles. The van der Waals surface area contributed by atoms with E-state index < -0.39 is 5.97 Å². The molecule has 0 aliphatic carbocycles. The van der Waals surface area contributed by atoms with Gasteiger partial charge in [-0.1, -0.05) is 0 Å². The smallest absolute Gasteiger partial charge is 0.358 e. The molecule has 0 bridgehead atoms. The van der Waals surface area contributed by atoms with Gasteiger partial charge in [0.25, 0.3) is 0 Å². The van der Waals surface area contributed by atoms with Crippen LogP contribution in [0.1, 0.15) is 38.2 Å². The molecule has 0 aliphatic rings. The van der Waals surface area contributed by atoms with Crippen LogP contribution in [0.5, 0.6) is 0 Å². The molecule has 0 saturated heterocycles. The van der Waals surface area contributed by atoms with E-state index in [1.807, 2.05) is 39.8 Å². The summed E-state index contributed by atoms with van der Waals surface area (Å²) in [5.41, 5.74) is 1.44. The molecule has 23 heavy (non-hydrogen) atoms. The van der Waals surface area contributed by atoms with Crippen molar-refractivity contribution in [2.45, 2.75) is 33.2 Å². The van der Waals surface area contributed by atoms with Gasteiger partial charge in [0.15, 0.2) is 5.69 Å². The Morgan fingerprint density at radius 3 is 2.61 bits per heavy atom. The van der Waals surface area contributed by atoms with Crippen molar-refractivity contribution in [2.75, 3.05) is 25.6 Å². The van der Waals surface area contributed by atoms with Crippen molar-refractivity contribution in [3.8, 4) is 11.4 Å². The average molecular weight is 317 g/mol. The molecular weight excluding hydrogens is 294 g/mol. The van der Waals surface area contributed by atoms with Crippen LogP contribution < -0.4 is 4.90 Å². The summed E-state index contributed by atoms with van der Waals surface area (Å²) in [5.74, 6) is 0.167. The first-order valence-electron chi connectivity index (χ1n) is 7.52. The lowest BCUT2D eigenvalue weighted by Gasteiger charge is -2.22. The molecular formula is C16H23N5O2. The first-order chi connectivity index (χ1) is 10.7. The molecule has 0 N–H and O–H groups in total. The van der Waals surface area contributed by atoms with Gasteiger partial charge in [0.2, 0.25) is 5.95 Å². The van der Waals surface area contributed by atoms with E-state index in [1.54, 1.807) is 29.9 Å². The van der Waals surface area contributed by atoms with Gasteiger partial charge in [0, 0.05) is 26.4 Å². The zero-order valence-electron chi connectivity index (χ0n) is 14.5. The number of nitrogens with zero attached hydrogens (tertiary/aromatic N) is 5. The van der Waals surface area contributed by atoms with Crippen LogP contribution in [0.25, 0.3) is 11.4 Å². The van der Waals surface area contributed by atoms with Crippen molar-refractivity contribution in [1.82, 2.24) is 19.7 Å². The SMILES string of the molecule is CCOC(=O)c1cc(-c2ccnc(N(C)C)n2)n(C(C)(C)C)n1. The predicted octanol–water partition coefficient (Wildman–Crippen LogP) is 2.34. The Morgan fingerprint density at radius 1 is 1.35 bits per heavy atom. The van der Waals surface area contributed by atoms with Crippen molar-refractivity contribution in [1.29, 1.82) is 0 Å². The molecule has 2 heterocycles. The van der Waals surface area contributed by atoms with Crippen LogP contribution in [0.3, 0.4) is 0 Å². The van der Waals surface area contributed by atoms with E-state index >= 15 is 0 Å². The van der Waals surface area contributed by atoms with Gasteiger partial charge in [-0.2, -0.15) is 5.10 Å². The summed E-state index contributed by atoms with van der Waals surface area (Å²) < 4.78 is 6.84. The lowest BCUT2D eigenvalue weighted by Crippen LogP contribution is -2.25. The van der Waals surface area contributed by atoms with Gasteiger partial charge in [-0.15, -0.1) is 0 Å². The number of aromatic nitrogens is 4. The summed E-state index contributed by atoms with van der Waals surface area (Å²) in [6.45, 7) is 8.15. The quantitative estimate of drug-likeness (QED) is 0.806. The van der Waals surface area contributed by atoms with Crippen molar-refractivity contribution < 1.29 is 9.53 Å². The van der Waals surface area contributed by atoms with Crippen molar-refractivity contribution >= 4 is 11.9 Å². The third kappa shape index (κ3) is 3.67. The molecule has 124 valence electrons. The number of carbonyl (C=O) groups is 1. The fourth-order valence-corrected chi connectivity index (χ4v) is 2.09. The molecule has 2 aromatic rings. The summed E-state index contributed by atoms with van der Waals surface area (Å²) in [6, 6.07) is 3.52. The Labute approximate surface area is 136 Å². The molecule has 0 atom stereocenters. The Bertz CT molecular complexity index is 701. The number of hydrogen-bond donors (Lipinski definition) is 0. The summed E-state index contributed by atoms with van der Waals surface area (Å²) >= 11 is 0. The van der Waals surface area contributed by atoms with Gasteiger partial charge in [-0.3, -0.25) is 4.68 Å². The normalized spacial score (nSPS) is 11.4. The van der Waals surface area contributed by atoms with Gasteiger partial charge in [-0.05, 0) is 33.8 Å². The van der Waals surface area contributed by atoms with E-state index in [4.69, 9.17) is 4.74 Å². The Morgan fingerprint density at radius 2 is 2.04 bits per heavy atom. The van der Waals surface area contributed by atoms with Gasteiger partial charge < -0.3 is 9.64 Å².